The first-order valence-electron chi connectivity index (χ1n) is 9.67. The fraction of sp³-hybridized carbons (Fsp3) is 0.125. The molecule has 2 unspecified atom stereocenters. The molecule has 2 heterocycles. The quantitative estimate of drug-likeness (QED) is 0.288. The number of rotatable bonds is 8. The van der Waals surface area contributed by atoms with E-state index >= 15 is 0 Å². The van der Waals surface area contributed by atoms with Gasteiger partial charge in [0.25, 0.3) is 0 Å². The fourth-order valence-corrected chi connectivity index (χ4v) is 3.60. The van der Waals surface area contributed by atoms with Crippen LogP contribution in [0.5, 0.6) is 0 Å². The highest BCUT2D eigenvalue weighted by atomic mass is 35.5. The van der Waals surface area contributed by atoms with Gasteiger partial charge in [0.05, 0.1) is 0 Å². The van der Waals surface area contributed by atoms with Crippen molar-refractivity contribution in [1.82, 2.24) is 9.97 Å². The molecule has 4 N–H and O–H groups in total. The second-order valence-electron chi connectivity index (χ2n) is 6.92. The Hall–Kier alpha value is -3.51. The SMILES string of the molecule is C=N/C(N)=C\C=C/CC(c1cccc(N)n1)C(c1ccc(Cl)cc1)c1cccnc1F. The maximum atomic E-state index is 14.9. The van der Waals surface area contributed by atoms with Crippen LogP contribution >= 0.6 is 11.6 Å². The summed E-state index contributed by atoms with van der Waals surface area (Å²) in [5, 5.41) is 0.602. The number of nitrogens with zero attached hydrogens (tertiary/aromatic N) is 3. The zero-order valence-electron chi connectivity index (χ0n) is 16.8. The number of benzene rings is 1. The molecular formula is C24H23ClFN5. The Labute approximate surface area is 186 Å². The van der Waals surface area contributed by atoms with Crippen LogP contribution in [0.15, 0.2) is 89.8 Å². The third-order valence-corrected chi connectivity index (χ3v) is 5.15. The maximum absolute atomic E-state index is 14.9. The van der Waals surface area contributed by atoms with E-state index in [1.807, 2.05) is 30.3 Å². The topological polar surface area (TPSA) is 90.2 Å². The summed E-state index contributed by atoms with van der Waals surface area (Å²) in [6, 6.07) is 16.3. The molecule has 7 heteroatoms. The van der Waals surface area contributed by atoms with Crippen LogP contribution in [0.25, 0.3) is 0 Å². The third-order valence-electron chi connectivity index (χ3n) is 4.90. The van der Waals surface area contributed by atoms with Crippen molar-refractivity contribution in [2.24, 2.45) is 10.7 Å². The molecule has 31 heavy (non-hydrogen) atoms. The van der Waals surface area contributed by atoms with E-state index in [0.29, 0.717) is 28.6 Å². The maximum Gasteiger partial charge on any atom is 0.216 e. The summed E-state index contributed by atoms with van der Waals surface area (Å²) in [6.45, 7) is 3.40. The molecule has 0 aliphatic carbocycles. The molecular weight excluding hydrogens is 413 g/mol. The Morgan fingerprint density at radius 3 is 2.61 bits per heavy atom. The van der Waals surface area contributed by atoms with Crippen molar-refractivity contribution in [3.63, 3.8) is 0 Å². The van der Waals surface area contributed by atoms with Crippen LogP contribution in [0, 0.1) is 5.95 Å². The normalized spacial score (nSPS) is 13.8. The van der Waals surface area contributed by atoms with Crippen molar-refractivity contribution in [3.8, 4) is 0 Å². The Balaban J connectivity index is 2.13. The molecule has 3 rings (SSSR count). The molecule has 158 valence electrons. The van der Waals surface area contributed by atoms with E-state index in [9.17, 15) is 4.39 Å². The molecule has 0 saturated carbocycles. The number of anilines is 1. The second kappa shape index (κ2) is 10.5. The molecule has 5 nitrogen and oxygen atoms in total. The van der Waals surface area contributed by atoms with Gasteiger partial charge in [-0.15, -0.1) is 0 Å². The number of hydrogen-bond donors (Lipinski definition) is 2. The predicted octanol–water partition coefficient (Wildman–Crippen LogP) is 5.21. The summed E-state index contributed by atoms with van der Waals surface area (Å²) < 4.78 is 14.9. The molecule has 0 amide bonds. The lowest BCUT2D eigenvalue weighted by atomic mass is 9.77. The summed E-state index contributed by atoms with van der Waals surface area (Å²) >= 11 is 6.10. The van der Waals surface area contributed by atoms with Gasteiger partial charge in [0.1, 0.15) is 11.6 Å². The van der Waals surface area contributed by atoms with E-state index in [-0.39, 0.29) is 11.8 Å². The Morgan fingerprint density at radius 1 is 1.16 bits per heavy atom. The number of halogens is 2. The minimum atomic E-state index is -0.527. The number of aromatic nitrogens is 2. The minimum Gasteiger partial charge on any atom is -0.384 e. The van der Waals surface area contributed by atoms with Crippen LogP contribution in [0.2, 0.25) is 5.02 Å². The number of nitrogens with two attached hydrogens (primary N) is 2. The number of nitrogen functional groups attached to an aromatic ring is 1. The smallest absolute Gasteiger partial charge is 0.216 e. The van der Waals surface area contributed by atoms with Crippen molar-refractivity contribution >= 4 is 24.1 Å². The van der Waals surface area contributed by atoms with Crippen molar-refractivity contribution in [2.75, 3.05) is 5.73 Å². The van der Waals surface area contributed by atoms with Gasteiger partial charge < -0.3 is 11.5 Å². The highest BCUT2D eigenvalue weighted by molar-refractivity contribution is 6.30. The molecule has 2 atom stereocenters. The van der Waals surface area contributed by atoms with Gasteiger partial charge in [-0.25, -0.2) is 15.0 Å². The molecule has 3 aromatic rings. The van der Waals surface area contributed by atoms with Gasteiger partial charge in [0.15, 0.2) is 0 Å². The van der Waals surface area contributed by atoms with E-state index in [1.54, 1.807) is 42.5 Å². The first-order chi connectivity index (χ1) is 15.0. The molecule has 0 radical (unpaired) electrons. The molecule has 0 bridgehead atoms. The molecule has 2 aromatic heterocycles. The molecule has 0 fully saturated rings. The van der Waals surface area contributed by atoms with Crippen molar-refractivity contribution < 1.29 is 4.39 Å². The van der Waals surface area contributed by atoms with Gasteiger partial charge in [-0.3, -0.25) is 0 Å². The third kappa shape index (κ3) is 5.77. The zero-order valence-corrected chi connectivity index (χ0v) is 17.6. The molecule has 0 saturated heterocycles. The van der Waals surface area contributed by atoms with Crippen molar-refractivity contribution in [1.29, 1.82) is 0 Å². The molecule has 1 aromatic carbocycles. The summed E-state index contributed by atoms with van der Waals surface area (Å²) in [7, 11) is 0. The summed E-state index contributed by atoms with van der Waals surface area (Å²) in [4.78, 5) is 12.1. The first-order valence-corrected chi connectivity index (χ1v) is 10.0. The molecule has 0 aliphatic rings. The monoisotopic (exact) mass is 435 g/mol. The largest absolute Gasteiger partial charge is 0.384 e. The second-order valence-corrected chi connectivity index (χ2v) is 7.36. The Morgan fingerprint density at radius 2 is 1.94 bits per heavy atom. The Kier molecular flexibility index (Phi) is 7.51. The summed E-state index contributed by atoms with van der Waals surface area (Å²) in [6.07, 6.45) is 7.35. The van der Waals surface area contributed by atoms with Gasteiger partial charge in [-0.05, 0) is 55.1 Å². The summed E-state index contributed by atoms with van der Waals surface area (Å²) in [5.74, 6) is -0.425. The molecule has 0 aliphatic heterocycles. The average molecular weight is 436 g/mol. The zero-order chi connectivity index (χ0) is 22.2. The number of allylic oxidation sites excluding steroid dienone is 3. The van der Waals surface area contributed by atoms with Crippen LogP contribution in [0.1, 0.15) is 35.1 Å². The lowest BCUT2D eigenvalue weighted by Gasteiger charge is -2.27. The van der Waals surface area contributed by atoms with Crippen LogP contribution in [0.4, 0.5) is 10.2 Å². The van der Waals surface area contributed by atoms with Crippen LogP contribution in [0.3, 0.4) is 0 Å². The number of aliphatic imine (C=N–C) groups is 1. The first kappa shape index (κ1) is 22.2. The van der Waals surface area contributed by atoms with Crippen LogP contribution in [-0.2, 0) is 0 Å². The summed E-state index contributed by atoms with van der Waals surface area (Å²) in [5.41, 5.74) is 13.7. The standard InChI is InChI=1S/C24H23ClFN5/c1-29-21(27)9-3-2-6-18(20-8-4-10-22(28)31-20)23(16-11-13-17(25)14-12-16)19-7-5-15-30-24(19)26/h2-5,7-15,18,23H,1,6,27H2,(H2,28,31)/b3-2-,21-9-. The van der Waals surface area contributed by atoms with Crippen LogP contribution < -0.4 is 11.5 Å². The highest BCUT2D eigenvalue weighted by Gasteiger charge is 2.29. The fourth-order valence-electron chi connectivity index (χ4n) is 3.48. The van der Waals surface area contributed by atoms with E-state index in [4.69, 9.17) is 23.1 Å². The van der Waals surface area contributed by atoms with E-state index in [2.05, 4.69) is 21.7 Å². The van der Waals surface area contributed by atoms with Crippen molar-refractivity contribution in [2.45, 2.75) is 18.3 Å². The molecule has 0 spiro atoms. The lowest BCUT2D eigenvalue weighted by molar-refractivity contribution is 0.521. The van der Waals surface area contributed by atoms with Gasteiger partial charge in [-0.2, -0.15) is 4.39 Å². The Bertz CT molecular complexity index is 1100. The van der Waals surface area contributed by atoms with Gasteiger partial charge >= 0.3 is 0 Å². The van der Waals surface area contributed by atoms with E-state index in [0.717, 1.165) is 11.3 Å². The highest BCUT2D eigenvalue weighted by Crippen LogP contribution is 2.41. The van der Waals surface area contributed by atoms with E-state index in [1.165, 1.54) is 6.20 Å². The predicted molar refractivity (Wildman–Crippen MR) is 124 cm³/mol. The van der Waals surface area contributed by atoms with Crippen LogP contribution in [-0.4, -0.2) is 16.7 Å². The minimum absolute atomic E-state index is 0.231. The lowest BCUT2D eigenvalue weighted by Crippen LogP contribution is -2.16. The van der Waals surface area contributed by atoms with Gasteiger partial charge in [-0.1, -0.05) is 48.0 Å². The van der Waals surface area contributed by atoms with Gasteiger partial charge in [0.2, 0.25) is 5.95 Å². The van der Waals surface area contributed by atoms with Crippen molar-refractivity contribution in [3.05, 3.63) is 113 Å². The number of hydrogen-bond acceptors (Lipinski definition) is 5. The van der Waals surface area contributed by atoms with E-state index < -0.39 is 5.95 Å². The van der Waals surface area contributed by atoms with Gasteiger partial charge in [0, 0.05) is 34.3 Å². The number of pyridine rings is 2. The average Bonchev–Trinajstić information content (AvgIpc) is 2.77.